The summed E-state index contributed by atoms with van der Waals surface area (Å²) in [6.45, 7) is 3.88. The first-order valence-corrected chi connectivity index (χ1v) is 7.16. The van der Waals surface area contributed by atoms with E-state index in [1.165, 1.54) is 0 Å². The summed E-state index contributed by atoms with van der Waals surface area (Å²) in [6.07, 6.45) is 0. The van der Waals surface area contributed by atoms with Crippen molar-refractivity contribution in [2.24, 2.45) is 0 Å². The van der Waals surface area contributed by atoms with Crippen molar-refractivity contribution in [1.82, 2.24) is 10.6 Å². The second kappa shape index (κ2) is 6.95. The quantitative estimate of drug-likeness (QED) is 0.838. The molecule has 0 bridgehead atoms. The van der Waals surface area contributed by atoms with E-state index in [9.17, 15) is 9.59 Å². The molecule has 0 saturated heterocycles. The molecule has 2 N–H and O–H groups in total. The summed E-state index contributed by atoms with van der Waals surface area (Å²) in [4.78, 5) is 24.0. The minimum absolute atomic E-state index is 0.0175. The van der Waals surface area contributed by atoms with Crippen molar-refractivity contribution in [3.63, 3.8) is 0 Å². The molecule has 4 nitrogen and oxygen atoms in total. The summed E-state index contributed by atoms with van der Waals surface area (Å²) in [7, 11) is 0. The van der Waals surface area contributed by atoms with Crippen molar-refractivity contribution in [3.8, 4) is 0 Å². The third-order valence-electron chi connectivity index (χ3n) is 3.08. The molecule has 0 atom stereocenters. The van der Waals surface area contributed by atoms with Gasteiger partial charge in [-0.3, -0.25) is 20.2 Å². The molecule has 112 valence electrons. The monoisotopic (exact) mass is 312 g/mol. The number of amides is 2. The number of carbonyl (C=O) groups is 2. The molecule has 0 aliphatic carbocycles. The summed E-state index contributed by atoms with van der Waals surface area (Å²) in [5.41, 5.74) is 3.09. The summed E-state index contributed by atoms with van der Waals surface area (Å²) in [5.74, 6) is -0.705. The van der Waals surface area contributed by atoms with Crippen LogP contribution in [-0.4, -0.2) is 16.9 Å². The van der Waals surface area contributed by atoms with Gasteiger partial charge in [0.05, 0.1) is 0 Å². The fourth-order valence-electron chi connectivity index (χ4n) is 1.79. The molecular weight excluding hydrogens is 296 g/mol. The average Bonchev–Trinajstić information content (AvgIpc) is 2.48. The van der Waals surface area contributed by atoms with Gasteiger partial charge in [0.1, 0.15) is 0 Å². The summed E-state index contributed by atoms with van der Waals surface area (Å²) in [5, 5.41) is 4.96. The van der Waals surface area contributed by atoms with E-state index in [1.54, 1.807) is 24.3 Å². The predicted molar refractivity (Wildman–Crippen MR) is 89.9 cm³/mol. The fraction of sp³-hybridized carbons (Fsp3) is 0.118. The SMILES string of the molecule is Cc1ccc(C(=O)NC(=S)NC(=O)c2ccc(C)cc2)cc1. The predicted octanol–water partition coefficient (Wildman–Crippen LogP) is 2.75. The Balaban J connectivity index is 1.95. The Morgan fingerprint density at radius 3 is 1.36 bits per heavy atom. The number of nitrogens with one attached hydrogen (secondary N) is 2. The fourth-order valence-corrected chi connectivity index (χ4v) is 1.98. The number of benzene rings is 2. The molecule has 0 saturated carbocycles. The van der Waals surface area contributed by atoms with Gasteiger partial charge in [0.2, 0.25) is 0 Å². The molecule has 0 aliphatic heterocycles. The van der Waals surface area contributed by atoms with Gasteiger partial charge in [0.15, 0.2) is 5.11 Å². The molecule has 2 amide bonds. The lowest BCUT2D eigenvalue weighted by Gasteiger charge is -2.09. The van der Waals surface area contributed by atoms with Gasteiger partial charge in [-0.25, -0.2) is 0 Å². The minimum atomic E-state index is -0.353. The molecule has 5 heteroatoms. The van der Waals surface area contributed by atoms with Gasteiger partial charge in [-0.15, -0.1) is 0 Å². The van der Waals surface area contributed by atoms with E-state index in [4.69, 9.17) is 12.2 Å². The topological polar surface area (TPSA) is 58.2 Å². The van der Waals surface area contributed by atoms with Gasteiger partial charge < -0.3 is 0 Å². The molecule has 0 radical (unpaired) electrons. The summed E-state index contributed by atoms with van der Waals surface area (Å²) >= 11 is 4.99. The van der Waals surface area contributed by atoms with Crippen LogP contribution in [0.4, 0.5) is 0 Å². The maximum absolute atomic E-state index is 12.0. The lowest BCUT2D eigenvalue weighted by atomic mass is 10.1. The number of rotatable bonds is 2. The molecule has 0 unspecified atom stereocenters. The smallest absolute Gasteiger partial charge is 0.257 e. The zero-order chi connectivity index (χ0) is 16.1. The van der Waals surface area contributed by atoms with E-state index in [2.05, 4.69) is 10.6 Å². The zero-order valence-corrected chi connectivity index (χ0v) is 13.2. The number of carbonyl (C=O) groups excluding carboxylic acids is 2. The number of aryl methyl sites for hydroxylation is 2. The third-order valence-corrected chi connectivity index (χ3v) is 3.29. The van der Waals surface area contributed by atoms with Crippen molar-refractivity contribution in [1.29, 1.82) is 0 Å². The van der Waals surface area contributed by atoms with E-state index >= 15 is 0 Å². The molecule has 0 fully saturated rings. The maximum Gasteiger partial charge on any atom is 0.257 e. The van der Waals surface area contributed by atoms with Crippen LogP contribution in [0, 0.1) is 13.8 Å². The van der Waals surface area contributed by atoms with Crippen LogP contribution < -0.4 is 10.6 Å². The van der Waals surface area contributed by atoms with Crippen molar-refractivity contribution in [2.75, 3.05) is 0 Å². The van der Waals surface area contributed by atoms with E-state index in [1.807, 2.05) is 38.1 Å². The van der Waals surface area contributed by atoms with E-state index in [0.29, 0.717) is 11.1 Å². The highest BCUT2D eigenvalue weighted by Crippen LogP contribution is 2.04. The Labute approximate surface area is 134 Å². The third kappa shape index (κ3) is 4.23. The molecule has 0 aromatic heterocycles. The van der Waals surface area contributed by atoms with Crippen LogP contribution in [0.5, 0.6) is 0 Å². The number of hydrogen-bond acceptors (Lipinski definition) is 3. The van der Waals surface area contributed by atoms with E-state index < -0.39 is 0 Å². The molecule has 2 rings (SSSR count). The zero-order valence-electron chi connectivity index (χ0n) is 12.3. The van der Waals surface area contributed by atoms with Gasteiger partial charge >= 0.3 is 0 Å². The number of thiocarbonyl (C=S) groups is 1. The Morgan fingerprint density at radius 1 is 0.727 bits per heavy atom. The molecule has 2 aromatic rings. The van der Waals surface area contributed by atoms with Crippen LogP contribution >= 0.6 is 12.2 Å². The van der Waals surface area contributed by atoms with Crippen LogP contribution in [0.3, 0.4) is 0 Å². The van der Waals surface area contributed by atoms with Gasteiger partial charge in [-0.05, 0) is 50.3 Å². The normalized spacial score (nSPS) is 9.91. The Kier molecular flexibility index (Phi) is 5.01. The molecule has 22 heavy (non-hydrogen) atoms. The van der Waals surface area contributed by atoms with Crippen molar-refractivity contribution >= 4 is 29.1 Å². The minimum Gasteiger partial charge on any atom is -0.299 e. The standard InChI is InChI=1S/C17H16N2O2S/c1-11-3-7-13(8-4-11)15(20)18-17(22)19-16(21)14-9-5-12(2)6-10-14/h3-10H,1-2H3,(H2,18,19,20,21,22). The van der Waals surface area contributed by atoms with Crippen molar-refractivity contribution in [3.05, 3.63) is 70.8 Å². The van der Waals surface area contributed by atoms with E-state index in [0.717, 1.165) is 11.1 Å². The highest BCUT2D eigenvalue weighted by Gasteiger charge is 2.11. The highest BCUT2D eigenvalue weighted by atomic mass is 32.1. The first-order chi connectivity index (χ1) is 10.5. The Morgan fingerprint density at radius 2 is 1.05 bits per heavy atom. The van der Waals surface area contributed by atoms with Crippen LogP contribution in [0.15, 0.2) is 48.5 Å². The van der Waals surface area contributed by atoms with Crippen LogP contribution in [0.2, 0.25) is 0 Å². The first-order valence-electron chi connectivity index (χ1n) is 6.76. The Hall–Kier alpha value is -2.53. The molecular formula is C17H16N2O2S. The highest BCUT2D eigenvalue weighted by molar-refractivity contribution is 7.80. The van der Waals surface area contributed by atoms with Gasteiger partial charge in [0, 0.05) is 11.1 Å². The Bertz CT molecular complexity index is 645. The summed E-state index contributed by atoms with van der Waals surface area (Å²) < 4.78 is 0. The maximum atomic E-state index is 12.0. The van der Waals surface area contributed by atoms with Gasteiger partial charge in [0.25, 0.3) is 11.8 Å². The molecule has 0 spiro atoms. The molecule has 2 aromatic carbocycles. The van der Waals surface area contributed by atoms with Crippen LogP contribution in [-0.2, 0) is 0 Å². The largest absolute Gasteiger partial charge is 0.299 e. The summed E-state index contributed by atoms with van der Waals surface area (Å²) in [6, 6.07) is 14.2. The molecule has 0 aliphatic rings. The van der Waals surface area contributed by atoms with Crippen LogP contribution in [0.1, 0.15) is 31.8 Å². The first kappa shape index (κ1) is 15.9. The van der Waals surface area contributed by atoms with Crippen LogP contribution in [0.25, 0.3) is 0 Å². The number of hydrogen-bond donors (Lipinski definition) is 2. The second-order valence-electron chi connectivity index (χ2n) is 4.97. The van der Waals surface area contributed by atoms with Crippen molar-refractivity contribution < 1.29 is 9.59 Å². The lowest BCUT2D eigenvalue weighted by Crippen LogP contribution is -2.42. The van der Waals surface area contributed by atoms with E-state index in [-0.39, 0.29) is 16.9 Å². The van der Waals surface area contributed by atoms with Crippen molar-refractivity contribution in [2.45, 2.75) is 13.8 Å². The second-order valence-corrected chi connectivity index (χ2v) is 5.38. The van der Waals surface area contributed by atoms with Gasteiger partial charge in [-0.2, -0.15) is 0 Å². The molecule has 0 heterocycles. The average molecular weight is 312 g/mol. The van der Waals surface area contributed by atoms with Gasteiger partial charge in [-0.1, -0.05) is 35.4 Å². The lowest BCUT2D eigenvalue weighted by molar-refractivity contribution is 0.0968.